The molecule has 1 aromatic heterocycles. The van der Waals surface area contributed by atoms with E-state index in [4.69, 9.17) is 0 Å². The van der Waals surface area contributed by atoms with Crippen molar-refractivity contribution in [2.24, 2.45) is 0 Å². The molecule has 0 radical (unpaired) electrons. The zero-order chi connectivity index (χ0) is 18.2. The zero-order valence-electron chi connectivity index (χ0n) is 13.3. The molecule has 0 aliphatic carbocycles. The molecule has 0 fully saturated rings. The number of benzene rings is 1. The number of aromatic nitrogens is 3. The van der Waals surface area contributed by atoms with Crippen molar-refractivity contribution in [1.29, 1.82) is 0 Å². The van der Waals surface area contributed by atoms with Crippen LogP contribution in [-0.2, 0) is 12.1 Å². The minimum absolute atomic E-state index is 0.190. The van der Waals surface area contributed by atoms with Crippen LogP contribution < -0.4 is 0 Å². The molecule has 0 saturated carbocycles. The first kappa shape index (κ1) is 18.7. The van der Waals surface area contributed by atoms with Gasteiger partial charge in [-0.3, -0.25) is 0 Å². The number of rotatable bonds is 5. The Labute approximate surface area is 140 Å². The average Bonchev–Trinajstić information content (AvgIpc) is 2.88. The van der Waals surface area contributed by atoms with Crippen LogP contribution in [0.1, 0.15) is 26.3 Å². The van der Waals surface area contributed by atoms with Crippen LogP contribution in [0, 0.1) is 11.6 Å². The molecule has 4 nitrogen and oxygen atoms in total. The highest BCUT2D eigenvalue weighted by molar-refractivity contribution is 8.01. The average molecular weight is 363 g/mol. The summed E-state index contributed by atoms with van der Waals surface area (Å²) in [4.78, 5) is 3.63. The summed E-state index contributed by atoms with van der Waals surface area (Å²) in [6.45, 7) is 3.89. The van der Waals surface area contributed by atoms with Gasteiger partial charge in [-0.05, 0) is 12.1 Å². The Bertz CT molecular complexity index is 703. The van der Waals surface area contributed by atoms with Gasteiger partial charge in [0, 0.05) is 16.4 Å². The van der Waals surface area contributed by atoms with Gasteiger partial charge in [0.1, 0.15) is 24.3 Å². The van der Waals surface area contributed by atoms with Gasteiger partial charge >= 0.3 is 5.25 Å². The number of halogens is 4. The fraction of sp³-hybridized carbons (Fsp3) is 0.467. The number of aliphatic hydroxyl groups is 1. The van der Waals surface area contributed by atoms with Crippen molar-refractivity contribution in [3.63, 3.8) is 0 Å². The van der Waals surface area contributed by atoms with Crippen LogP contribution in [0.25, 0.3) is 0 Å². The van der Waals surface area contributed by atoms with Crippen LogP contribution in [0.2, 0.25) is 0 Å². The van der Waals surface area contributed by atoms with Crippen molar-refractivity contribution in [1.82, 2.24) is 14.8 Å². The second-order valence-electron chi connectivity index (χ2n) is 6.31. The molecule has 0 aliphatic heterocycles. The van der Waals surface area contributed by atoms with Crippen molar-refractivity contribution in [3.05, 3.63) is 48.1 Å². The van der Waals surface area contributed by atoms with E-state index in [0.29, 0.717) is 6.07 Å². The van der Waals surface area contributed by atoms with Crippen LogP contribution in [-0.4, -0.2) is 29.9 Å². The van der Waals surface area contributed by atoms with Crippen LogP contribution in [0.15, 0.2) is 30.9 Å². The largest absolute Gasteiger partial charge is 0.376 e. The van der Waals surface area contributed by atoms with Crippen LogP contribution in [0.5, 0.6) is 0 Å². The van der Waals surface area contributed by atoms with Gasteiger partial charge in [-0.2, -0.15) is 13.9 Å². The Balaban J connectivity index is 2.56. The van der Waals surface area contributed by atoms with E-state index in [0.717, 1.165) is 29.5 Å². The summed E-state index contributed by atoms with van der Waals surface area (Å²) >= 11 is 0.190. The minimum Gasteiger partial charge on any atom is -0.376 e. The first-order chi connectivity index (χ1) is 10.9. The molecule has 0 aliphatic rings. The molecule has 1 unspecified atom stereocenters. The molecule has 24 heavy (non-hydrogen) atoms. The predicted molar refractivity (Wildman–Crippen MR) is 82.6 cm³/mol. The lowest BCUT2D eigenvalue weighted by molar-refractivity contribution is -0.140. The third-order valence-corrected chi connectivity index (χ3v) is 4.36. The first-order valence-corrected chi connectivity index (χ1v) is 7.84. The Kier molecular flexibility index (Phi) is 4.96. The lowest BCUT2D eigenvalue weighted by Crippen LogP contribution is -2.49. The van der Waals surface area contributed by atoms with Gasteiger partial charge in [0.05, 0.1) is 6.54 Å². The van der Waals surface area contributed by atoms with E-state index in [9.17, 15) is 22.7 Å². The zero-order valence-corrected chi connectivity index (χ0v) is 14.1. The molecular weight excluding hydrogens is 346 g/mol. The Morgan fingerprint density at radius 1 is 1.21 bits per heavy atom. The molecule has 1 atom stereocenters. The topological polar surface area (TPSA) is 50.9 Å². The first-order valence-electron chi connectivity index (χ1n) is 7.03. The maximum Gasteiger partial charge on any atom is 0.328 e. The van der Waals surface area contributed by atoms with Gasteiger partial charge in [-0.1, -0.05) is 32.5 Å². The fourth-order valence-electron chi connectivity index (χ4n) is 2.18. The number of hydrogen-bond donors (Lipinski definition) is 1. The lowest BCUT2D eigenvalue weighted by atomic mass is 9.93. The van der Waals surface area contributed by atoms with Crippen molar-refractivity contribution in [2.45, 2.75) is 42.9 Å². The summed E-state index contributed by atoms with van der Waals surface area (Å²) in [5.74, 6) is -2.18. The van der Waals surface area contributed by atoms with E-state index >= 15 is 0 Å². The van der Waals surface area contributed by atoms with Crippen molar-refractivity contribution < 1.29 is 22.7 Å². The van der Waals surface area contributed by atoms with E-state index in [1.54, 1.807) is 20.8 Å². The Morgan fingerprint density at radius 2 is 1.88 bits per heavy atom. The van der Waals surface area contributed by atoms with Gasteiger partial charge in [0.25, 0.3) is 0 Å². The molecule has 0 saturated heterocycles. The summed E-state index contributed by atoms with van der Waals surface area (Å²) in [6.07, 6.45) is 2.24. The van der Waals surface area contributed by atoms with Crippen LogP contribution in [0.4, 0.5) is 17.6 Å². The number of alkyl halides is 2. The van der Waals surface area contributed by atoms with Crippen molar-refractivity contribution in [3.8, 4) is 0 Å². The molecule has 1 N–H and O–H groups in total. The second-order valence-corrected chi connectivity index (χ2v) is 8.25. The maximum atomic E-state index is 14.9. The number of nitrogens with zero attached hydrogens (tertiary/aromatic N) is 3. The molecule has 0 amide bonds. The normalized spacial score (nSPS) is 15.3. The van der Waals surface area contributed by atoms with E-state index < -0.39 is 39.3 Å². The molecule has 2 aromatic rings. The lowest BCUT2D eigenvalue weighted by Gasteiger charge is -2.38. The molecular formula is C15H17F4N3OS. The highest BCUT2D eigenvalue weighted by Gasteiger charge is 2.57. The van der Waals surface area contributed by atoms with Crippen LogP contribution in [0.3, 0.4) is 0 Å². The third-order valence-electron chi connectivity index (χ3n) is 3.15. The summed E-state index contributed by atoms with van der Waals surface area (Å²) in [5, 5.41) is 10.7. The predicted octanol–water partition coefficient (Wildman–Crippen LogP) is 3.57. The van der Waals surface area contributed by atoms with Gasteiger partial charge in [0.2, 0.25) is 0 Å². The van der Waals surface area contributed by atoms with Crippen molar-refractivity contribution in [2.75, 3.05) is 0 Å². The Hall–Kier alpha value is -1.61. The fourth-order valence-corrected chi connectivity index (χ4v) is 3.29. The summed E-state index contributed by atoms with van der Waals surface area (Å²) in [5.41, 5.74) is -3.66. The highest BCUT2D eigenvalue weighted by atomic mass is 32.2. The molecule has 9 heteroatoms. The maximum absolute atomic E-state index is 14.9. The van der Waals surface area contributed by atoms with Gasteiger partial charge < -0.3 is 5.11 Å². The summed E-state index contributed by atoms with van der Waals surface area (Å²) in [7, 11) is 0. The molecule has 0 bridgehead atoms. The molecule has 1 heterocycles. The smallest absolute Gasteiger partial charge is 0.328 e. The second kappa shape index (κ2) is 6.36. The molecule has 2 rings (SSSR count). The Morgan fingerprint density at radius 3 is 2.38 bits per heavy atom. The van der Waals surface area contributed by atoms with Gasteiger partial charge in [0.15, 0.2) is 5.60 Å². The monoisotopic (exact) mass is 363 g/mol. The van der Waals surface area contributed by atoms with Crippen LogP contribution >= 0.6 is 11.8 Å². The van der Waals surface area contributed by atoms with E-state index in [-0.39, 0.29) is 11.8 Å². The van der Waals surface area contributed by atoms with E-state index in [1.807, 2.05) is 0 Å². The SMILES string of the molecule is CC(C)(C)SC(F)(F)C(O)(Cn1cncn1)c1ccc(F)cc1F. The number of thioether (sulfide) groups is 1. The summed E-state index contributed by atoms with van der Waals surface area (Å²) in [6, 6.07) is 2.10. The minimum atomic E-state index is -3.78. The van der Waals surface area contributed by atoms with Gasteiger partial charge in [-0.25, -0.2) is 18.4 Å². The quantitative estimate of drug-likeness (QED) is 0.825. The van der Waals surface area contributed by atoms with E-state index in [2.05, 4.69) is 10.1 Å². The third kappa shape index (κ3) is 3.89. The molecule has 0 spiro atoms. The standard InChI is InChI=1S/C15H17F4N3OS/c1-13(2,3)24-15(18,19)14(23,7-22-9-20-8-21-22)11-5-4-10(16)6-12(11)17/h4-6,8-9,23H,7H2,1-3H3. The van der Waals surface area contributed by atoms with Crippen molar-refractivity contribution >= 4 is 11.8 Å². The molecule has 1 aromatic carbocycles. The van der Waals surface area contributed by atoms with Gasteiger partial charge in [-0.15, -0.1) is 0 Å². The summed E-state index contributed by atoms with van der Waals surface area (Å²) < 4.78 is 57.2. The number of hydrogen-bond acceptors (Lipinski definition) is 4. The highest BCUT2D eigenvalue weighted by Crippen LogP contribution is 2.51. The van der Waals surface area contributed by atoms with E-state index in [1.165, 1.54) is 0 Å². The molecule has 132 valence electrons.